The Morgan fingerprint density at radius 1 is 1.31 bits per heavy atom. The average molecular weight is 185 g/mol. The third-order valence-electron chi connectivity index (χ3n) is 2.42. The second-order valence-electron chi connectivity index (χ2n) is 3.76. The van der Waals surface area contributed by atoms with Crippen LogP contribution in [0.4, 0.5) is 0 Å². The van der Waals surface area contributed by atoms with Gasteiger partial charge in [0.1, 0.15) is 5.78 Å². The van der Waals surface area contributed by atoms with Crippen molar-refractivity contribution in [3.05, 3.63) is 0 Å². The first-order chi connectivity index (χ1) is 6.22. The van der Waals surface area contributed by atoms with Gasteiger partial charge in [0.25, 0.3) is 0 Å². The second-order valence-corrected chi connectivity index (χ2v) is 3.76. The van der Waals surface area contributed by atoms with Crippen LogP contribution in [0.15, 0.2) is 0 Å². The Balaban J connectivity index is 3.45. The summed E-state index contributed by atoms with van der Waals surface area (Å²) >= 11 is 0. The molecule has 2 nitrogen and oxygen atoms in total. The Hall–Kier alpha value is -0.370. The van der Waals surface area contributed by atoms with Crippen LogP contribution in [0.2, 0.25) is 0 Å². The van der Waals surface area contributed by atoms with Crippen molar-refractivity contribution in [2.45, 2.75) is 52.4 Å². The Morgan fingerprint density at radius 2 is 2.00 bits per heavy atom. The van der Waals surface area contributed by atoms with Crippen LogP contribution in [0.3, 0.4) is 0 Å². The van der Waals surface area contributed by atoms with E-state index in [9.17, 15) is 4.79 Å². The van der Waals surface area contributed by atoms with Crippen LogP contribution in [-0.4, -0.2) is 12.3 Å². The lowest BCUT2D eigenvalue weighted by atomic mass is 9.96. The van der Waals surface area contributed by atoms with Gasteiger partial charge >= 0.3 is 0 Å². The molecule has 2 heteroatoms. The summed E-state index contributed by atoms with van der Waals surface area (Å²) in [6.45, 7) is 4.87. The van der Waals surface area contributed by atoms with Crippen LogP contribution in [0.1, 0.15) is 52.4 Å². The largest absolute Gasteiger partial charge is 0.330 e. The van der Waals surface area contributed by atoms with E-state index in [4.69, 9.17) is 5.73 Å². The number of unbranched alkanes of at least 4 members (excludes halogenated alkanes) is 2. The summed E-state index contributed by atoms with van der Waals surface area (Å²) in [6, 6.07) is 0. The third-order valence-corrected chi connectivity index (χ3v) is 2.42. The number of hydrogen-bond acceptors (Lipinski definition) is 2. The van der Waals surface area contributed by atoms with Crippen molar-refractivity contribution in [1.29, 1.82) is 0 Å². The molecule has 2 N–H and O–H groups in total. The molecular formula is C11H23NO. The first kappa shape index (κ1) is 12.6. The molecule has 0 heterocycles. The molecule has 0 spiro atoms. The summed E-state index contributed by atoms with van der Waals surface area (Å²) in [5, 5.41) is 0. The van der Waals surface area contributed by atoms with E-state index in [2.05, 4.69) is 6.92 Å². The van der Waals surface area contributed by atoms with Crippen LogP contribution in [0.5, 0.6) is 0 Å². The summed E-state index contributed by atoms with van der Waals surface area (Å²) in [5.41, 5.74) is 5.39. The molecule has 0 bridgehead atoms. The molecule has 1 unspecified atom stereocenters. The minimum atomic E-state index is 0.223. The van der Waals surface area contributed by atoms with E-state index in [-0.39, 0.29) is 5.92 Å². The fourth-order valence-corrected chi connectivity index (χ4v) is 1.38. The maximum Gasteiger partial charge on any atom is 0.135 e. The highest BCUT2D eigenvalue weighted by molar-refractivity contribution is 5.80. The van der Waals surface area contributed by atoms with Crippen molar-refractivity contribution < 1.29 is 4.79 Å². The monoisotopic (exact) mass is 185 g/mol. The van der Waals surface area contributed by atoms with Crippen molar-refractivity contribution in [2.75, 3.05) is 6.54 Å². The van der Waals surface area contributed by atoms with Crippen molar-refractivity contribution in [1.82, 2.24) is 0 Å². The molecule has 0 aliphatic carbocycles. The molecule has 78 valence electrons. The SMILES string of the molecule is CCCCCC(=O)C(C)CCCN. The summed E-state index contributed by atoms with van der Waals surface area (Å²) in [7, 11) is 0. The molecule has 0 fully saturated rings. The first-order valence-corrected chi connectivity index (χ1v) is 5.45. The van der Waals surface area contributed by atoms with Crippen LogP contribution >= 0.6 is 0 Å². The minimum Gasteiger partial charge on any atom is -0.330 e. The van der Waals surface area contributed by atoms with E-state index in [0.29, 0.717) is 12.3 Å². The summed E-state index contributed by atoms with van der Waals surface area (Å²) in [6.07, 6.45) is 6.11. The summed E-state index contributed by atoms with van der Waals surface area (Å²) in [5.74, 6) is 0.641. The number of hydrogen-bond donors (Lipinski definition) is 1. The Labute approximate surface area is 81.9 Å². The van der Waals surface area contributed by atoms with Gasteiger partial charge in [0.2, 0.25) is 0 Å². The molecule has 1 atom stereocenters. The first-order valence-electron chi connectivity index (χ1n) is 5.45. The molecule has 0 saturated carbocycles. The van der Waals surface area contributed by atoms with Gasteiger partial charge in [-0.2, -0.15) is 0 Å². The second kappa shape index (κ2) is 8.24. The highest BCUT2D eigenvalue weighted by Crippen LogP contribution is 2.11. The minimum absolute atomic E-state index is 0.223. The zero-order valence-electron chi connectivity index (χ0n) is 9.01. The average Bonchev–Trinajstić information content (AvgIpc) is 2.14. The van der Waals surface area contributed by atoms with Gasteiger partial charge < -0.3 is 5.73 Å². The fourth-order valence-electron chi connectivity index (χ4n) is 1.38. The lowest BCUT2D eigenvalue weighted by Gasteiger charge is -2.08. The lowest BCUT2D eigenvalue weighted by molar-refractivity contribution is -0.122. The number of ketones is 1. The van der Waals surface area contributed by atoms with Gasteiger partial charge in [0, 0.05) is 12.3 Å². The van der Waals surface area contributed by atoms with Crippen molar-refractivity contribution in [2.24, 2.45) is 11.7 Å². The molecule has 0 rings (SSSR count). The Kier molecular flexibility index (Phi) is 8.00. The Morgan fingerprint density at radius 3 is 2.54 bits per heavy atom. The number of rotatable bonds is 8. The van der Waals surface area contributed by atoms with Crippen molar-refractivity contribution in [3.8, 4) is 0 Å². The molecular weight excluding hydrogens is 162 g/mol. The van der Waals surface area contributed by atoms with Crippen LogP contribution in [0.25, 0.3) is 0 Å². The van der Waals surface area contributed by atoms with E-state index in [1.807, 2.05) is 6.92 Å². The van der Waals surface area contributed by atoms with E-state index >= 15 is 0 Å². The van der Waals surface area contributed by atoms with Crippen molar-refractivity contribution >= 4 is 5.78 Å². The summed E-state index contributed by atoms with van der Waals surface area (Å²) in [4.78, 5) is 11.5. The van der Waals surface area contributed by atoms with E-state index in [1.54, 1.807) is 0 Å². The topological polar surface area (TPSA) is 43.1 Å². The van der Waals surface area contributed by atoms with Gasteiger partial charge in [-0.1, -0.05) is 26.7 Å². The van der Waals surface area contributed by atoms with Gasteiger partial charge in [0.05, 0.1) is 0 Å². The molecule has 0 radical (unpaired) electrons. The maximum absolute atomic E-state index is 11.5. The molecule has 0 aliphatic rings. The van der Waals surface area contributed by atoms with Crippen molar-refractivity contribution in [3.63, 3.8) is 0 Å². The van der Waals surface area contributed by atoms with Gasteiger partial charge in [-0.15, -0.1) is 0 Å². The van der Waals surface area contributed by atoms with Gasteiger partial charge in [0.15, 0.2) is 0 Å². The molecule has 0 aliphatic heterocycles. The third kappa shape index (κ3) is 6.76. The van der Waals surface area contributed by atoms with Crippen LogP contribution in [-0.2, 0) is 4.79 Å². The molecule has 0 aromatic heterocycles. The molecule has 0 aromatic carbocycles. The predicted octanol–water partition coefficient (Wildman–Crippen LogP) is 2.51. The fraction of sp³-hybridized carbons (Fsp3) is 0.909. The van der Waals surface area contributed by atoms with Crippen LogP contribution in [0, 0.1) is 5.92 Å². The van der Waals surface area contributed by atoms with E-state index < -0.39 is 0 Å². The number of carbonyl (C=O) groups is 1. The molecule has 0 aromatic rings. The quantitative estimate of drug-likeness (QED) is 0.590. The molecule has 13 heavy (non-hydrogen) atoms. The number of Topliss-reactive ketones (excluding diaryl/α,β-unsaturated/α-hetero) is 1. The van der Waals surface area contributed by atoms with Gasteiger partial charge in [-0.05, 0) is 25.8 Å². The lowest BCUT2D eigenvalue weighted by Crippen LogP contribution is -2.12. The smallest absolute Gasteiger partial charge is 0.135 e. The van der Waals surface area contributed by atoms with Gasteiger partial charge in [-0.3, -0.25) is 4.79 Å². The summed E-state index contributed by atoms with van der Waals surface area (Å²) < 4.78 is 0. The zero-order chi connectivity index (χ0) is 10.1. The van der Waals surface area contributed by atoms with Crippen LogP contribution < -0.4 is 5.73 Å². The maximum atomic E-state index is 11.5. The number of carbonyl (C=O) groups excluding carboxylic acids is 1. The molecule has 0 saturated heterocycles. The molecule has 0 amide bonds. The normalized spacial score (nSPS) is 12.8. The number of nitrogens with two attached hydrogens (primary N) is 1. The zero-order valence-corrected chi connectivity index (χ0v) is 9.01. The highest BCUT2D eigenvalue weighted by Gasteiger charge is 2.10. The Bertz CT molecular complexity index is 134. The predicted molar refractivity (Wildman–Crippen MR) is 56.6 cm³/mol. The van der Waals surface area contributed by atoms with E-state index in [0.717, 1.165) is 25.7 Å². The van der Waals surface area contributed by atoms with Gasteiger partial charge in [-0.25, -0.2) is 0 Å². The van der Waals surface area contributed by atoms with E-state index in [1.165, 1.54) is 12.8 Å². The highest BCUT2D eigenvalue weighted by atomic mass is 16.1. The standard InChI is InChI=1S/C11H23NO/c1-3-4-5-8-11(13)10(2)7-6-9-12/h10H,3-9,12H2,1-2H3.